The van der Waals surface area contributed by atoms with Gasteiger partial charge in [0.15, 0.2) is 0 Å². The Morgan fingerprint density at radius 2 is 1.92 bits per heavy atom. The highest BCUT2D eigenvalue weighted by Crippen LogP contribution is 2.29. The summed E-state index contributed by atoms with van der Waals surface area (Å²) in [6.07, 6.45) is 1.93. The molecule has 7 heteroatoms. The van der Waals surface area contributed by atoms with Crippen LogP contribution in [0.25, 0.3) is 11.0 Å². The molecule has 3 aromatic rings. The molecule has 0 radical (unpaired) electrons. The maximum atomic E-state index is 5.85. The molecule has 0 aliphatic heterocycles. The number of nitrogens with zero attached hydrogens (tertiary/aromatic N) is 2. The summed E-state index contributed by atoms with van der Waals surface area (Å²) in [6.45, 7) is 4.05. The summed E-state index contributed by atoms with van der Waals surface area (Å²) < 4.78 is 7.98. The number of imidazole rings is 1. The third kappa shape index (κ3) is 4.18. The first-order valence-corrected chi connectivity index (χ1v) is 9.58. The van der Waals surface area contributed by atoms with E-state index >= 15 is 0 Å². The average molecular weight is 546 g/mol. The molecule has 2 N–H and O–H groups in total. The van der Waals surface area contributed by atoms with E-state index in [1.165, 1.54) is 0 Å². The monoisotopic (exact) mass is 546 g/mol. The van der Waals surface area contributed by atoms with Crippen molar-refractivity contribution in [1.82, 2.24) is 9.97 Å². The Morgan fingerprint density at radius 3 is 2.58 bits per heavy atom. The highest BCUT2D eigenvalue weighted by Gasteiger charge is 2.09. The molecule has 0 amide bonds. The number of halogens is 2. The number of benzene rings is 2. The Bertz CT molecular complexity index is 833. The van der Waals surface area contributed by atoms with E-state index in [0.29, 0.717) is 5.95 Å². The van der Waals surface area contributed by atoms with E-state index in [2.05, 4.69) is 65.7 Å². The highest BCUT2D eigenvalue weighted by molar-refractivity contribution is 14.1. The minimum absolute atomic E-state index is 0.154. The van der Waals surface area contributed by atoms with Crippen LogP contribution in [0.3, 0.4) is 0 Å². The number of hydrogen-bond acceptors (Lipinski definition) is 4. The molecule has 0 aliphatic rings. The molecule has 0 bridgehead atoms. The fourth-order valence-electron chi connectivity index (χ4n) is 2.18. The summed E-state index contributed by atoms with van der Waals surface area (Å²) in [5, 5.41) is 4.26. The molecule has 0 aliphatic carbocycles. The second kappa shape index (κ2) is 7.68. The quantitative estimate of drug-likeness (QED) is 0.269. The smallest absolute Gasteiger partial charge is 0.222 e. The molecule has 1 aromatic heterocycles. The molecule has 0 saturated carbocycles. The number of H-pyrrole nitrogens is 1. The summed E-state index contributed by atoms with van der Waals surface area (Å²) in [7, 11) is 0. The Labute approximate surface area is 167 Å². The lowest BCUT2D eigenvalue weighted by Crippen LogP contribution is -2.08. The summed E-state index contributed by atoms with van der Waals surface area (Å²) in [5.74, 6) is 1.55. The number of aromatic nitrogens is 2. The summed E-state index contributed by atoms with van der Waals surface area (Å²) in [6, 6.07) is 12.0. The normalized spacial score (nSPS) is 11.5. The molecule has 2 aromatic carbocycles. The van der Waals surface area contributed by atoms with E-state index in [0.717, 1.165) is 29.5 Å². The second-order valence-electron chi connectivity index (χ2n) is 5.45. The van der Waals surface area contributed by atoms with Gasteiger partial charge in [-0.25, -0.2) is 10.4 Å². The second-order valence-corrected chi connectivity index (χ2v) is 7.78. The molecular weight excluding hydrogens is 530 g/mol. The zero-order valence-corrected chi connectivity index (χ0v) is 17.5. The first-order valence-electron chi connectivity index (χ1n) is 7.42. The number of fused-ring (bicyclic) bond motifs is 1. The van der Waals surface area contributed by atoms with E-state index in [1.54, 1.807) is 6.21 Å². The summed E-state index contributed by atoms with van der Waals surface area (Å²) >= 11 is 4.57. The zero-order chi connectivity index (χ0) is 17.1. The van der Waals surface area contributed by atoms with Gasteiger partial charge in [-0.3, -0.25) is 0 Å². The minimum Gasteiger partial charge on any atom is -0.489 e. The maximum absolute atomic E-state index is 5.85. The molecule has 0 fully saturated rings. The fourth-order valence-corrected chi connectivity index (χ4v) is 4.25. The van der Waals surface area contributed by atoms with Gasteiger partial charge in [-0.05, 0) is 88.9 Å². The van der Waals surface area contributed by atoms with Crippen molar-refractivity contribution in [1.29, 1.82) is 0 Å². The highest BCUT2D eigenvalue weighted by atomic mass is 127. The summed E-state index contributed by atoms with van der Waals surface area (Å²) in [4.78, 5) is 7.60. The minimum atomic E-state index is 0.154. The molecule has 0 atom stereocenters. The molecule has 3 rings (SSSR count). The number of nitrogens with one attached hydrogen (secondary N) is 2. The number of ether oxygens (including phenoxy) is 1. The van der Waals surface area contributed by atoms with Crippen LogP contribution >= 0.6 is 45.2 Å². The number of para-hydroxylation sites is 2. The topological polar surface area (TPSA) is 62.3 Å². The third-order valence-corrected chi connectivity index (χ3v) is 4.75. The van der Waals surface area contributed by atoms with Crippen LogP contribution in [0.1, 0.15) is 19.4 Å². The van der Waals surface area contributed by atoms with Gasteiger partial charge in [0.25, 0.3) is 0 Å². The van der Waals surface area contributed by atoms with Gasteiger partial charge in [-0.1, -0.05) is 12.1 Å². The first kappa shape index (κ1) is 17.5. The van der Waals surface area contributed by atoms with E-state index in [-0.39, 0.29) is 6.10 Å². The van der Waals surface area contributed by atoms with Gasteiger partial charge >= 0.3 is 0 Å². The molecular formula is C17H16I2N4O. The molecule has 0 saturated heterocycles. The van der Waals surface area contributed by atoms with Gasteiger partial charge in [0, 0.05) is 0 Å². The number of hydrogen-bond donors (Lipinski definition) is 2. The lowest BCUT2D eigenvalue weighted by atomic mass is 10.2. The first-order chi connectivity index (χ1) is 11.5. The Balaban J connectivity index is 1.74. The van der Waals surface area contributed by atoms with Crippen LogP contribution in [-0.4, -0.2) is 22.3 Å². The van der Waals surface area contributed by atoms with Gasteiger partial charge < -0.3 is 9.72 Å². The van der Waals surface area contributed by atoms with Gasteiger partial charge in [0.05, 0.1) is 30.5 Å². The predicted octanol–water partition coefficient (Wildman–Crippen LogP) is 5.01. The number of aromatic amines is 1. The van der Waals surface area contributed by atoms with Crippen LogP contribution in [0.4, 0.5) is 5.95 Å². The van der Waals surface area contributed by atoms with Gasteiger partial charge in [-0.15, -0.1) is 0 Å². The van der Waals surface area contributed by atoms with E-state index in [9.17, 15) is 0 Å². The fraction of sp³-hybridized carbons (Fsp3) is 0.176. The lowest BCUT2D eigenvalue weighted by molar-refractivity contribution is 0.239. The zero-order valence-electron chi connectivity index (χ0n) is 13.2. The van der Waals surface area contributed by atoms with Crippen molar-refractivity contribution < 1.29 is 4.74 Å². The third-order valence-electron chi connectivity index (χ3n) is 3.15. The lowest BCUT2D eigenvalue weighted by Gasteiger charge is -2.14. The molecule has 24 heavy (non-hydrogen) atoms. The molecule has 5 nitrogen and oxygen atoms in total. The van der Waals surface area contributed by atoms with Crippen molar-refractivity contribution in [3.05, 3.63) is 49.1 Å². The van der Waals surface area contributed by atoms with Crippen LogP contribution < -0.4 is 10.2 Å². The van der Waals surface area contributed by atoms with Crippen molar-refractivity contribution in [2.24, 2.45) is 5.10 Å². The predicted molar refractivity (Wildman–Crippen MR) is 115 cm³/mol. The molecule has 0 spiro atoms. The SMILES string of the molecule is CC(C)Oc1c(I)cc(C=NNc2nc3ccccc3[nH]2)cc1I. The Kier molecular flexibility index (Phi) is 5.59. The van der Waals surface area contributed by atoms with Crippen molar-refractivity contribution in [2.75, 3.05) is 5.43 Å². The van der Waals surface area contributed by atoms with Crippen molar-refractivity contribution in [3.8, 4) is 5.75 Å². The van der Waals surface area contributed by atoms with Crippen LogP contribution in [0.15, 0.2) is 41.5 Å². The molecule has 124 valence electrons. The Hall–Kier alpha value is -1.36. The van der Waals surface area contributed by atoms with E-state index in [4.69, 9.17) is 4.74 Å². The number of rotatable bonds is 5. The van der Waals surface area contributed by atoms with Crippen LogP contribution in [0.5, 0.6) is 5.75 Å². The number of hydrazone groups is 1. The van der Waals surface area contributed by atoms with E-state index < -0.39 is 0 Å². The van der Waals surface area contributed by atoms with E-state index in [1.807, 2.05) is 50.2 Å². The summed E-state index contributed by atoms with van der Waals surface area (Å²) in [5.41, 5.74) is 5.83. The van der Waals surface area contributed by atoms with Crippen LogP contribution in [0, 0.1) is 7.14 Å². The van der Waals surface area contributed by atoms with Crippen LogP contribution in [0.2, 0.25) is 0 Å². The van der Waals surface area contributed by atoms with Gasteiger partial charge in [0.1, 0.15) is 5.75 Å². The average Bonchev–Trinajstić information content (AvgIpc) is 2.93. The van der Waals surface area contributed by atoms with Crippen molar-refractivity contribution in [3.63, 3.8) is 0 Å². The maximum Gasteiger partial charge on any atom is 0.222 e. The standard InChI is InChI=1S/C17H16I2N4O/c1-10(2)24-16-12(18)7-11(8-13(16)19)9-20-23-17-21-14-5-3-4-6-15(14)22-17/h3-10H,1-2H3,(H2,21,22,23). The van der Waals surface area contributed by atoms with Gasteiger partial charge in [0.2, 0.25) is 5.95 Å². The van der Waals surface area contributed by atoms with Crippen molar-refractivity contribution >= 4 is 68.4 Å². The number of anilines is 1. The van der Waals surface area contributed by atoms with Crippen LogP contribution in [-0.2, 0) is 0 Å². The molecule has 1 heterocycles. The van der Waals surface area contributed by atoms with Gasteiger partial charge in [-0.2, -0.15) is 5.10 Å². The largest absolute Gasteiger partial charge is 0.489 e. The van der Waals surface area contributed by atoms with Crippen molar-refractivity contribution in [2.45, 2.75) is 20.0 Å². The molecule has 0 unspecified atom stereocenters. The Morgan fingerprint density at radius 1 is 1.21 bits per heavy atom.